The third-order valence-corrected chi connectivity index (χ3v) is 3.25. The summed E-state index contributed by atoms with van der Waals surface area (Å²) in [5.74, 6) is -0.00594. The first kappa shape index (κ1) is 13.3. The first-order chi connectivity index (χ1) is 9.16. The molecule has 0 saturated heterocycles. The second kappa shape index (κ2) is 6.19. The van der Waals surface area contributed by atoms with E-state index in [9.17, 15) is 4.79 Å². The van der Waals surface area contributed by atoms with Crippen LogP contribution >= 0.6 is 0 Å². The molecule has 0 fully saturated rings. The fourth-order valence-corrected chi connectivity index (χ4v) is 2.01. The molecular weight excluding hydrogens is 234 g/mol. The molecule has 19 heavy (non-hydrogen) atoms. The molecule has 2 aromatic rings. The number of aryl methyl sites for hydroxylation is 2. The molecule has 0 spiro atoms. The van der Waals surface area contributed by atoms with Crippen LogP contribution in [0.15, 0.2) is 48.5 Å². The Bertz CT molecular complexity index is 558. The van der Waals surface area contributed by atoms with E-state index in [4.69, 9.17) is 0 Å². The second-order valence-corrected chi connectivity index (χ2v) is 4.80. The fraction of sp³-hybridized carbons (Fsp3) is 0.235. The van der Waals surface area contributed by atoms with Gasteiger partial charge in [0, 0.05) is 12.1 Å². The average molecular weight is 253 g/mol. The van der Waals surface area contributed by atoms with Gasteiger partial charge in [-0.15, -0.1) is 0 Å². The molecule has 0 aliphatic carbocycles. The Kier molecular flexibility index (Phi) is 4.35. The van der Waals surface area contributed by atoms with E-state index < -0.39 is 0 Å². The largest absolute Gasteiger partial charge is 0.352 e. The van der Waals surface area contributed by atoms with Crippen LogP contribution in [0.4, 0.5) is 0 Å². The Hall–Kier alpha value is -2.09. The Morgan fingerprint density at radius 3 is 2.37 bits per heavy atom. The maximum absolute atomic E-state index is 11.9. The van der Waals surface area contributed by atoms with Gasteiger partial charge in [-0.25, -0.2) is 0 Å². The highest BCUT2D eigenvalue weighted by Gasteiger charge is 2.04. The van der Waals surface area contributed by atoms with E-state index in [2.05, 4.69) is 24.4 Å². The van der Waals surface area contributed by atoms with Gasteiger partial charge in [-0.2, -0.15) is 0 Å². The molecule has 0 radical (unpaired) electrons. The predicted octanol–water partition coefficient (Wildman–Crippen LogP) is 3.28. The third-order valence-electron chi connectivity index (χ3n) is 3.25. The lowest BCUT2D eigenvalue weighted by molar-refractivity contribution is 0.0954. The van der Waals surface area contributed by atoms with Crippen LogP contribution in [0, 0.1) is 13.8 Å². The van der Waals surface area contributed by atoms with Crippen molar-refractivity contribution in [1.29, 1.82) is 0 Å². The standard InChI is InChI=1S/C17H19NO/c1-13-7-9-16(10-8-13)17(19)18-12-11-15-6-4-3-5-14(15)2/h3-10H,11-12H2,1-2H3,(H,18,19). The molecule has 0 bridgehead atoms. The normalized spacial score (nSPS) is 10.2. The summed E-state index contributed by atoms with van der Waals surface area (Å²) < 4.78 is 0. The SMILES string of the molecule is Cc1ccc(C(=O)NCCc2ccccc2C)cc1. The maximum Gasteiger partial charge on any atom is 0.251 e. The maximum atomic E-state index is 11.9. The second-order valence-electron chi connectivity index (χ2n) is 4.80. The molecule has 0 aromatic heterocycles. The predicted molar refractivity (Wildman–Crippen MR) is 78.4 cm³/mol. The minimum atomic E-state index is -0.00594. The molecule has 2 aromatic carbocycles. The Morgan fingerprint density at radius 2 is 1.68 bits per heavy atom. The number of nitrogens with one attached hydrogen (secondary N) is 1. The number of benzene rings is 2. The van der Waals surface area contributed by atoms with Crippen LogP contribution in [0.2, 0.25) is 0 Å². The van der Waals surface area contributed by atoms with Gasteiger partial charge in [-0.05, 0) is 43.5 Å². The van der Waals surface area contributed by atoms with Crippen molar-refractivity contribution in [2.45, 2.75) is 20.3 Å². The van der Waals surface area contributed by atoms with Crippen LogP contribution in [0.5, 0.6) is 0 Å². The van der Waals surface area contributed by atoms with Gasteiger partial charge in [0.15, 0.2) is 0 Å². The topological polar surface area (TPSA) is 29.1 Å². The lowest BCUT2D eigenvalue weighted by Gasteiger charge is -2.07. The lowest BCUT2D eigenvalue weighted by atomic mass is 10.1. The quantitative estimate of drug-likeness (QED) is 0.890. The monoisotopic (exact) mass is 253 g/mol. The summed E-state index contributed by atoms with van der Waals surface area (Å²) in [5.41, 5.74) is 4.44. The van der Waals surface area contributed by atoms with Gasteiger partial charge in [0.2, 0.25) is 0 Å². The zero-order chi connectivity index (χ0) is 13.7. The van der Waals surface area contributed by atoms with E-state index in [1.54, 1.807) is 0 Å². The van der Waals surface area contributed by atoms with Crippen molar-refractivity contribution in [1.82, 2.24) is 5.32 Å². The van der Waals surface area contributed by atoms with E-state index in [1.165, 1.54) is 11.1 Å². The highest BCUT2D eigenvalue weighted by atomic mass is 16.1. The van der Waals surface area contributed by atoms with E-state index in [0.717, 1.165) is 17.5 Å². The number of hydrogen-bond acceptors (Lipinski definition) is 1. The van der Waals surface area contributed by atoms with Crippen molar-refractivity contribution in [3.63, 3.8) is 0 Å². The zero-order valence-electron chi connectivity index (χ0n) is 11.4. The number of carbonyl (C=O) groups excluding carboxylic acids is 1. The summed E-state index contributed by atoms with van der Waals surface area (Å²) in [5, 5.41) is 2.96. The minimum Gasteiger partial charge on any atom is -0.352 e. The highest BCUT2D eigenvalue weighted by molar-refractivity contribution is 5.94. The Labute approximate surface area is 114 Å². The molecular formula is C17H19NO. The summed E-state index contributed by atoms with van der Waals surface area (Å²) in [6, 6.07) is 15.9. The lowest BCUT2D eigenvalue weighted by Crippen LogP contribution is -2.25. The number of carbonyl (C=O) groups is 1. The molecule has 98 valence electrons. The van der Waals surface area contributed by atoms with Crippen LogP contribution in [0.3, 0.4) is 0 Å². The minimum absolute atomic E-state index is 0.00594. The molecule has 0 unspecified atom stereocenters. The van der Waals surface area contributed by atoms with E-state index >= 15 is 0 Å². The summed E-state index contributed by atoms with van der Waals surface area (Å²) in [7, 11) is 0. The molecule has 0 heterocycles. The average Bonchev–Trinajstić information content (AvgIpc) is 2.41. The van der Waals surface area contributed by atoms with Crippen molar-refractivity contribution < 1.29 is 4.79 Å². The molecule has 1 N–H and O–H groups in total. The molecule has 2 nitrogen and oxygen atoms in total. The summed E-state index contributed by atoms with van der Waals surface area (Å²) >= 11 is 0. The van der Waals surface area contributed by atoms with Crippen molar-refractivity contribution in [3.05, 3.63) is 70.8 Å². The number of amides is 1. The zero-order valence-corrected chi connectivity index (χ0v) is 11.4. The van der Waals surface area contributed by atoms with Crippen molar-refractivity contribution in [2.24, 2.45) is 0 Å². The van der Waals surface area contributed by atoms with Crippen molar-refractivity contribution in [3.8, 4) is 0 Å². The summed E-state index contributed by atoms with van der Waals surface area (Å²) in [4.78, 5) is 11.9. The third kappa shape index (κ3) is 3.68. The smallest absolute Gasteiger partial charge is 0.251 e. The van der Waals surface area contributed by atoms with E-state index in [1.807, 2.05) is 43.3 Å². The van der Waals surface area contributed by atoms with Gasteiger partial charge < -0.3 is 5.32 Å². The van der Waals surface area contributed by atoms with Crippen molar-refractivity contribution >= 4 is 5.91 Å². The van der Waals surface area contributed by atoms with E-state index in [0.29, 0.717) is 6.54 Å². The van der Waals surface area contributed by atoms with Crippen molar-refractivity contribution in [2.75, 3.05) is 6.54 Å². The molecule has 2 heteroatoms. The number of rotatable bonds is 4. The molecule has 2 rings (SSSR count). The first-order valence-corrected chi connectivity index (χ1v) is 6.56. The first-order valence-electron chi connectivity index (χ1n) is 6.56. The molecule has 0 aliphatic heterocycles. The van der Waals surface area contributed by atoms with Crippen LogP contribution in [-0.2, 0) is 6.42 Å². The molecule has 1 amide bonds. The van der Waals surface area contributed by atoms with Crippen LogP contribution < -0.4 is 5.32 Å². The molecule has 0 atom stereocenters. The van der Waals surface area contributed by atoms with Gasteiger partial charge >= 0.3 is 0 Å². The van der Waals surface area contributed by atoms with Crippen LogP contribution in [-0.4, -0.2) is 12.5 Å². The Balaban J connectivity index is 1.88. The van der Waals surface area contributed by atoms with Crippen LogP contribution in [0.1, 0.15) is 27.0 Å². The fourth-order valence-electron chi connectivity index (χ4n) is 2.01. The van der Waals surface area contributed by atoms with Gasteiger partial charge in [0.1, 0.15) is 0 Å². The summed E-state index contributed by atoms with van der Waals surface area (Å²) in [6.07, 6.45) is 0.865. The van der Waals surface area contributed by atoms with Gasteiger partial charge in [0.05, 0.1) is 0 Å². The molecule has 0 aliphatic rings. The number of hydrogen-bond donors (Lipinski definition) is 1. The van der Waals surface area contributed by atoms with Gasteiger partial charge in [-0.3, -0.25) is 4.79 Å². The van der Waals surface area contributed by atoms with Gasteiger partial charge in [0.25, 0.3) is 5.91 Å². The van der Waals surface area contributed by atoms with Gasteiger partial charge in [-0.1, -0.05) is 42.0 Å². The highest BCUT2D eigenvalue weighted by Crippen LogP contribution is 2.07. The van der Waals surface area contributed by atoms with Crippen LogP contribution in [0.25, 0.3) is 0 Å². The van der Waals surface area contributed by atoms with E-state index in [-0.39, 0.29) is 5.91 Å². The molecule has 0 saturated carbocycles. The summed E-state index contributed by atoms with van der Waals surface area (Å²) in [6.45, 7) is 4.77. The Morgan fingerprint density at radius 1 is 1.00 bits per heavy atom.